The summed E-state index contributed by atoms with van der Waals surface area (Å²) in [5.41, 5.74) is 10.3. The molecule has 86 valence electrons. The van der Waals surface area contributed by atoms with Gasteiger partial charge in [-0.05, 0) is 48.8 Å². The van der Waals surface area contributed by atoms with Crippen LogP contribution < -0.4 is 10.6 Å². The summed E-state index contributed by atoms with van der Waals surface area (Å²) in [6.07, 6.45) is 4.88. The third-order valence-electron chi connectivity index (χ3n) is 4.07. The fourth-order valence-electron chi connectivity index (χ4n) is 3.03. The van der Waals surface area contributed by atoms with Gasteiger partial charge in [0.25, 0.3) is 0 Å². The van der Waals surface area contributed by atoms with Crippen molar-refractivity contribution in [2.45, 2.75) is 31.7 Å². The number of likely N-dealkylation sites (N-methyl/N-ethyl adjacent to an activating group) is 1. The molecule has 0 atom stereocenters. The van der Waals surface area contributed by atoms with E-state index in [1.807, 2.05) is 0 Å². The molecule has 0 unspecified atom stereocenters. The molecular weight excluding hydrogens is 196 g/mol. The van der Waals surface area contributed by atoms with E-state index in [4.69, 9.17) is 5.73 Å². The molecule has 0 bridgehead atoms. The second-order valence-electron chi connectivity index (χ2n) is 5.44. The molecule has 0 amide bonds. The molecule has 0 radical (unpaired) electrons. The summed E-state index contributed by atoms with van der Waals surface area (Å²) in [5.74, 6) is 0.840. The molecule has 2 aliphatic rings. The van der Waals surface area contributed by atoms with Crippen LogP contribution in [-0.2, 0) is 12.8 Å². The number of hydrogen-bond donors (Lipinski definition) is 1. The van der Waals surface area contributed by atoms with Crippen molar-refractivity contribution in [1.29, 1.82) is 0 Å². The predicted octanol–water partition coefficient (Wildman–Crippen LogP) is 1.96. The van der Waals surface area contributed by atoms with E-state index >= 15 is 0 Å². The second kappa shape index (κ2) is 3.77. The normalized spacial score (nSPS) is 27.8. The average molecular weight is 216 g/mol. The van der Waals surface area contributed by atoms with Crippen LogP contribution in [0.3, 0.4) is 0 Å². The van der Waals surface area contributed by atoms with Gasteiger partial charge in [-0.3, -0.25) is 0 Å². The van der Waals surface area contributed by atoms with E-state index in [1.54, 1.807) is 0 Å². The van der Waals surface area contributed by atoms with Gasteiger partial charge in [-0.25, -0.2) is 0 Å². The summed E-state index contributed by atoms with van der Waals surface area (Å²) in [6, 6.07) is 7.47. The highest BCUT2D eigenvalue weighted by Crippen LogP contribution is 2.32. The average Bonchev–Trinajstić information content (AvgIpc) is 2.58. The molecule has 2 nitrogen and oxygen atoms in total. The zero-order valence-corrected chi connectivity index (χ0v) is 9.95. The second-order valence-corrected chi connectivity index (χ2v) is 5.44. The Bertz CT molecular complexity index is 394. The maximum atomic E-state index is 5.82. The lowest BCUT2D eigenvalue weighted by molar-refractivity contribution is 0.264. The Hall–Kier alpha value is -1.02. The maximum Gasteiger partial charge on any atom is 0.0397 e. The SMILES string of the molecule is CN1CCc2cc(CC3CC(N)C3)ccc21. The quantitative estimate of drug-likeness (QED) is 0.819. The zero-order valence-electron chi connectivity index (χ0n) is 9.95. The first-order valence-electron chi connectivity index (χ1n) is 6.31. The van der Waals surface area contributed by atoms with E-state index in [1.165, 1.54) is 49.0 Å². The predicted molar refractivity (Wildman–Crippen MR) is 67.8 cm³/mol. The lowest BCUT2D eigenvalue weighted by atomic mass is 9.77. The van der Waals surface area contributed by atoms with Crippen LogP contribution in [-0.4, -0.2) is 19.6 Å². The summed E-state index contributed by atoms with van der Waals surface area (Å²) in [7, 11) is 2.18. The highest BCUT2D eigenvalue weighted by molar-refractivity contribution is 5.58. The molecule has 0 aromatic heterocycles. The van der Waals surface area contributed by atoms with Crippen molar-refractivity contribution in [3.8, 4) is 0 Å². The van der Waals surface area contributed by atoms with Crippen LogP contribution in [0.15, 0.2) is 18.2 Å². The van der Waals surface area contributed by atoms with E-state index in [-0.39, 0.29) is 0 Å². The minimum absolute atomic E-state index is 0.477. The molecule has 0 saturated heterocycles. The number of rotatable bonds is 2. The Labute approximate surface area is 97.4 Å². The molecule has 1 heterocycles. The van der Waals surface area contributed by atoms with Crippen molar-refractivity contribution in [2.24, 2.45) is 11.7 Å². The molecule has 1 aliphatic carbocycles. The number of nitrogens with two attached hydrogens (primary N) is 1. The van der Waals surface area contributed by atoms with Gasteiger partial charge in [0.1, 0.15) is 0 Å². The van der Waals surface area contributed by atoms with Gasteiger partial charge >= 0.3 is 0 Å². The van der Waals surface area contributed by atoms with Crippen LogP contribution in [0.1, 0.15) is 24.0 Å². The van der Waals surface area contributed by atoms with Gasteiger partial charge in [0.15, 0.2) is 0 Å². The smallest absolute Gasteiger partial charge is 0.0397 e. The summed E-state index contributed by atoms with van der Waals surface area (Å²) in [5, 5.41) is 0. The Balaban J connectivity index is 1.72. The first-order chi connectivity index (χ1) is 7.72. The van der Waals surface area contributed by atoms with Gasteiger partial charge in [-0.15, -0.1) is 0 Å². The summed E-state index contributed by atoms with van der Waals surface area (Å²) in [6.45, 7) is 1.17. The Kier molecular flexibility index (Phi) is 2.40. The van der Waals surface area contributed by atoms with Crippen molar-refractivity contribution >= 4 is 5.69 Å². The van der Waals surface area contributed by atoms with Crippen LogP contribution in [0.2, 0.25) is 0 Å². The van der Waals surface area contributed by atoms with E-state index in [9.17, 15) is 0 Å². The van der Waals surface area contributed by atoms with E-state index in [2.05, 4.69) is 30.1 Å². The van der Waals surface area contributed by atoms with Gasteiger partial charge in [0.05, 0.1) is 0 Å². The molecular formula is C14H20N2. The lowest BCUT2D eigenvalue weighted by Gasteiger charge is -2.32. The third-order valence-corrected chi connectivity index (χ3v) is 4.07. The van der Waals surface area contributed by atoms with E-state index in [0.717, 1.165) is 5.92 Å². The van der Waals surface area contributed by atoms with Gasteiger partial charge in [0, 0.05) is 25.3 Å². The molecule has 1 aromatic carbocycles. The molecule has 2 heteroatoms. The summed E-state index contributed by atoms with van der Waals surface area (Å²) < 4.78 is 0. The molecule has 1 aliphatic heterocycles. The van der Waals surface area contributed by atoms with Gasteiger partial charge in [0.2, 0.25) is 0 Å². The van der Waals surface area contributed by atoms with Crippen molar-refractivity contribution < 1.29 is 0 Å². The minimum Gasteiger partial charge on any atom is -0.374 e. The van der Waals surface area contributed by atoms with Crippen LogP contribution >= 0.6 is 0 Å². The van der Waals surface area contributed by atoms with E-state index < -0.39 is 0 Å². The lowest BCUT2D eigenvalue weighted by Crippen LogP contribution is -2.37. The zero-order chi connectivity index (χ0) is 11.1. The summed E-state index contributed by atoms with van der Waals surface area (Å²) >= 11 is 0. The van der Waals surface area contributed by atoms with Gasteiger partial charge in [-0.1, -0.05) is 12.1 Å². The number of anilines is 1. The highest BCUT2D eigenvalue weighted by atomic mass is 15.1. The fraction of sp³-hybridized carbons (Fsp3) is 0.571. The van der Waals surface area contributed by atoms with Crippen molar-refractivity contribution in [3.63, 3.8) is 0 Å². The van der Waals surface area contributed by atoms with Crippen molar-refractivity contribution in [2.75, 3.05) is 18.5 Å². The van der Waals surface area contributed by atoms with Crippen LogP contribution in [0, 0.1) is 5.92 Å². The fourth-order valence-corrected chi connectivity index (χ4v) is 3.03. The number of hydrogen-bond acceptors (Lipinski definition) is 2. The van der Waals surface area contributed by atoms with Gasteiger partial charge < -0.3 is 10.6 Å². The topological polar surface area (TPSA) is 29.3 Å². The third kappa shape index (κ3) is 1.71. The van der Waals surface area contributed by atoms with Crippen molar-refractivity contribution in [1.82, 2.24) is 0 Å². The van der Waals surface area contributed by atoms with Gasteiger partial charge in [-0.2, -0.15) is 0 Å². The molecule has 1 fully saturated rings. The molecule has 3 rings (SSSR count). The van der Waals surface area contributed by atoms with Crippen LogP contribution in [0.25, 0.3) is 0 Å². The monoisotopic (exact) mass is 216 g/mol. The molecule has 1 saturated carbocycles. The minimum atomic E-state index is 0.477. The van der Waals surface area contributed by atoms with E-state index in [0.29, 0.717) is 6.04 Å². The van der Waals surface area contributed by atoms with Crippen LogP contribution in [0.4, 0.5) is 5.69 Å². The number of fused-ring (bicyclic) bond motifs is 1. The highest BCUT2D eigenvalue weighted by Gasteiger charge is 2.26. The standard InChI is InChI=1S/C14H20N2/c1-16-5-4-12-7-10(2-3-14(12)16)6-11-8-13(15)9-11/h2-3,7,11,13H,4-6,8-9,15H2,1H3. The largest absolute Gasteiger partial charge is 0.374 e. The van der Waals surface area contributed by atoms with Crippen LogP contribution in [0.5, 0.6) is 0 Å². The Morgan fingerprint density at radius 3 is 2.94 bits per heavy atom. The molecule has 16 heavy (non-hydrogen) atoms. The first-order valence-corrected chi connectivity index (χ1v) is 6.31. The molecule has 2 N–H and O–H groups in total. The maximum absolute atomic E-state index is 5.82. The Morgan fingerprint density at radius 2 is 2.19 bits per heavy atom. The molecule has 1 aromatic rings. The van der Waals surface area contributed by atoms with Crippen molar-refractivity contribution in [3.05, 3.63) is 29.3 Å². The first kappa shape index (κ1) is 10.2. The summed E-state index contributed by atoms with van der Waals surface area (Å²) in [4.78, 5) is 2.35. The molecule has 0 spiro atoms. The number of benzene rings is 1. The number of nitrogens with zero attached hydrogens (tertiary/aromatic N) is 1. The Morgan fingerprint density at radius 1 is 1.38 bits per heavy atom.